The minimum Gasteiger partial charge on any atom is -0.310 e. The van der Waals surface area contributed by atoms with Crippen molar-refractivity contribution in [2.45, 2.75) is 50.2 Å². The molecule has 0 heterocycles. The number of rotatable bonds is 6. The van der Waals surface area contributed by atoms with Crippen LogP contribution in [-0.4, -0.2) is 20.5 Å². The van der Waals surface area contributed by atoms with Crippen LogP contribution in [0.5, 0.6) is 0 Å². The number of hydrogen-bond donors (Lipinski definition) is 2. The van der Waals surface area contributed by atoms with Crippen LogP contribution in [0.3, 0.4) is 0 Å². The average Bonchev–Trinajstić information content (AvgIpc) is 3.09. The van der Waals surface area contributed by atoms with Crippen molar-refractivity contribution in [1.29, 1.82) is 0 Å². The highest BCUT2D eigenvalue weighted by atomic mass is 79.9. The van der Waals surface area contributed by atoms with Crippen molar-refractivity contribution >= 4 is 26.0 Å². The largest absolute Gasteiger partial charge is 0.310 e. The number of nitrogens with one attached hydrogen (secondary N) is 2. The molecule has 1 aromatic rings. The van der Waals surface area contributed by atoms with Crippen LogP contribution in [0.1, 0.15) is 32.3 Å². The van der Waals surface area contributed by atoms with Crippen molar-refractivity contribution in [2.75, 3.05) is 0 Å². The second-order valence-electron chi connectivity index (χ2n) is 5.20. The van der Waals surface area contributed by atoms with E-state index in [0.717, 1.165) is 24.9 Å². The summed E-state index contributed by atoms with van der Waals surface area (Å²) < 4.78 is 27.5. The lowest BCUT2D eigenvalue weighted by Gasteiger charge is -2.11. The van der Waals surface area contributed by atoms with Crippen LogP contribution in [0.2, 0.25) is 0 Å². The number of benzene rings is 1. The van der Waals surface area contributed by atoms with E-state index < -0.39 is 10.0 Å². The molecule has 0 amide bonds. The molecule has 106 valence electrons. The Morgan fingerprint density at radius 2 is 2.05 bits per heavy atom. The van der Waals surface area contributed by atoms with Crippen LogP contribution in [0.15, 0.2) is 27.6 Å². The first-order chi connectivity index (χ1) is 8.88. The van der Waals surface area contributed by atoms with Gasteiger partial charge in [-0.2, -0.15) is 0 Å². The Balaban J connectivity index is 2.14. The molecule has 1 fully saturated rings. The topological polar surface area (TPSA) is 58.2 Å². The van der Waals surface area contributed by atoms with E-state index in [-0.39, 0.29) is 6.04 Å². The Labute approximate surface area is 123 Å². The molecular weight excluding hydrogens is 328 g/mol. The predicted molar refractivity (Wildman–Crippen MR) is 79.5 cm³/mol. The minimum absolute atomic E-state index is 0.124. The monoisotopic (exact) mass is 346 g/mol. The molecule has 4 nitrogen and oxygen atoms in total. The van der Waals surface area contributed by atoms with Gasteiger partial charge >= 0.3 is 0 Å². The Hall–Kier alpha value is -0.430. The van der Waals surface area contributed by atoms with Crippen molar-refractivity contribution < 1.29 is 8.42 Å². The highest BCUT2D eigenvalue weighted by Crippen LogP contribution is 2.27. The molecule has 0 aromatic heterocycles. The fourth-order valence-electron chi connectivity index (χ4n) is 1.68. The SMILES string of the molecule is CC(C)NCc1ccc(S(=O)(=O)NC2CC2)c(Br)c1. The Morgan fingerprint density at radius 1 is 1.37 bits per heavy atom. The molecule has 0 saturated heterocycles. The van der Waals surface area contributed by atoms with E-state index in [4.69, 9.17) is 0 Å². The Bertz CT molecular complexity index is 554. The zero-order valence-electron chi connectivity index (χ0n) is 11.1. The van der Waals surface area contributed by atoms with E-state index in [1.165, 1.54) is 0 Å². The van der Waals surface area contributed by atoms with Gasteiger partial charge in [0.15, 0.2) is 0 Å². The molecule has 19 heavy (non-hydrogen) atoms. The summed E-state index contributed by atoms with van der Waals surface area (Å²) in [7, 11) is -3.39. The van der Waals surface area contributed by atoms with Crippen LogP contribution in [0.4, 0.5) is 0 Å². The second-order valence-corrected chi connectivity index (χ2v) is 7.73. The van der Waals surface area contributed by atoms with E-state index in [1.54, 1.807) is 6.07 Å². The van der Waals surface area contributed by atoms with E-state index in [2.05, 4.69) is 39.8 Å². The summed E-state index contributed by atoms with van der Waals surface area (Å²) in [5.74, 6) is 0. The summed E-state index contributed by atoms with van der Waals surface area (Å²) in [4.78, 5) is 0.313. The maximum absolute atomic E-state index is 12.1. The normalized spacial score (nSPS) is 16.0. The van der Waals surface area contributed by atoms with Crippen molar-refractivity contribution in [3.05, 3.63) is 28.2 Å². The summed E-state index contributed by atoms with van der Waals surface area (Å²) in [5.41, 5.74) is 1.06. The van der Waals surface area contributed by atoms with Crippen LogP contribution in [-0.2, 0) is 16.6 Å². The summed E-state index contributed by atoms with van der Waals surface area (Å²) in [6.45, 7) is 4.88. The van der Waals surface area contributed by atoms with E-state index in [0.29, 0.717) is 15.4 Å². The first-order valence-electron chi connectivity index (χ1n) is 6.42. The molecule has 1 aromatic carbocycles. The zero-order valence-corrected chi connectivity index (χ0v) is 13.5. The predicted octanol–water partition coefficient (Wildman–Crippen LogP) is 2.39. The Morgan fingerprint density at radius 3 is 2.58 bits per heavy atom. The zero-order chi connectivity index (χ0) is 14.0. The van der Waals surface area contributed by atoms with E-state index >= 15 is 0 Å². The number of halogens is 1. The van der Waals surface area contributed by atoms with Gasteiger partial charge in [-0.15, -0.1) is 0 Å². The number of hydrogen-bond acceptors (Lipinski definition) is 3. The maximum Gasteiger partial charge on any atom is 0.241 e. The van der Waals surface area contributed by atoms with Gasteiger partial charge in [-0.3, -0.25) is 0 Å². The molecule has 0 atom stereocenters. The fourth-order valence-corrected chi connectivity index (χ4v) is 4.11. The standard InChI is InChI=1S/C13H19BrN2O2S/c1-9(2)15-8-10-3-6-13(12(14)7-10)19(17,18)16-11-4-5-11/h3,6-7,9,11,15-16H,4-5,8H2,1-2H3. The summed E-state index contributed by atoms with van der Waals surface area (Å²) in [6.07, 6.45) is 1.88. The van der Waals surface area contributed by atoms with Crippen LogP contribution >= 0.6 is 15.9 Å². The molecule has 0 bridgehead atoms. The van der Waals surface area contributed by atoms with Gasteiger partial charge in [-0.25, -0.2) is 13.1 Å². The third-order valence-corrected chi connectivity index (χ3v) is 5.40. The third kappa shape index (κ3) is 4.27. The average molecular weight is 347 g/mol. The molecule has 2 rings (SSSR count). The minimum atomic E-state index is -3.39. The van der Waals surface area contributed by atoms with Gasteiger partial charge in [0.2, 0.25) is 10.0 Å². The molecule has 6 heteroatoms. The molecule has 1 aliphatic rings. The molecular formula is C13H19BrN2O2S. The van der Waals surface area contributed by atoms with Crippen molar-refractivity contribution in [1.82, 2.24) is 10.0 Å². The molecule has 0 radical (unpaired) electrons. The maximum atomic E-state index is 12.1. The lowest BCUT2D eigenvalue weighted by atomic mass is 10.2. The Kier molecular flexibility index (Phi) is 4.66. The molecule has 0 spiro atoms. The van der Waals surface area contributed by atoms with Crippen LogP contribution in [0, 0.1) is 0 Å². The van der Waals surface area contributed by atoms with Crippen molar-refractivity contribution in [3.63, 3.8) is 0 Å². The highest BCUT2D eigenvalue weighted by molar-refractivity contribution is 9.10. The molecule has 2 N–H and O–H groups in total. The first-order valence-corrected chi connectivity index (χ1v) is 8.70. The molecule has 1 aliphatic carbocycles. The van der Waals surface area contributed by atoms with Crippen molar-refractivity contribution in [3.8, 4) is 0 Å². The van der Waals surface area contributed by atoms with Gasteiger partial charge in [0.05, 0.1) is 4.90 Å². The number of sulfonamides is 1. The van der Waals surface area contributed by atoms with Gasteiger partial charge in [-0.05, 0) is 46.5 Å². The van der Waals surface area contributed by atoms with Gasteiger partial charge in [-0.1, -0.05) is 19.9 Å². The quantitative estimate of drug-likeness (QED) is 0.831. The smallest absolute Gasteiger partial charge is 0.241 e. The molecule has 0 aliphatic heterocycles. The summed E-state index contributed by atoms with van der Waals surface area (Å²) >= 11 is 3.35. The van der Waals surface area contributed by atoms with Gasteiger partial charge in [0, 0.05) is 23.1 Å². The molecule has 1 saturated carbocycles. The summed E-state index contributed by atoms with van der Waals surface area (Å²) in [6, 6.07) is 5.89. The van der Waals surface area contributed by atoms with E-state index in [1.807, 2.05) is 12.1 Å². The van der Waals surface area contributed by atoms with Crippen molar-refractivity contribution in [2.24, 2.45) is 0 Å². The van der Waals surface area contributed by atoms with Gasteiger partial charge in [0.1, 0.15) is 0 Å². The first kappa shape index (κ1) is 15.0. The van der Waals surface area contributed by atoms with Gasteiger partial charge in [0.25, 0.3) is 0 Å². The lowest BCUT2D eigenvalue weighted by molar-refractivity contribution is 0.579. The van der Waals surface area contributed by atoms with Crippen LogP contribution in [0.25, 0.3) is 0 Å². The third-order valence-electron chi connectivity index (χ3n) is 2.90. The highest BCUT2D eigenvalue weighted by Gasteiger charge is 2.29. The second kappa shape index (κ2) is 5.91. The van der Waals surface area contributed by atoms with Gasteiger partial charge < -0.3 is 5.32 Å². The fraction of sp³-hybridized carbons (Fsp3) is 0.538. The van der Waals surface area contributed by atoms with Crippen LogP contribution < -0.4 is 10.0 Å². The lowest BCUT2D eigenvalue weighted by Crippen LogP contribution is -2.26. The molecule has 0 unspecified atom stereocenters. The summed E-state index contributed by atoms with van der Waals surface area (Å²) in [5, 5.41) is 3.30. The van der Waals surface area contributed by atoms with E-state index in [9.17, 15) is 8.42 Å².